The van der Waals surface area contributed by atoms with Crippen molar-refractivity contribution in [2.45, 2.75) is 41.5 Å². The Morgan fingerprint density at radius 3 is 1.29 bits per heavy atom. The third-order valence-corrected chi connectivity index (χ3v) is 4.62. The molecule has 24 heavy (non-hydrogen) atoms. The second-order valence-electron chi connectivity index (χ2n) is 6.28. The van der Waals surface area contributed by atoms with Gasteiger partial charge in [0.15, 0.2) is 0 Å². The van der Waals surface area contributed by atoms with Crippen molar-refractivity contribution in [3.8, 4) is 23.0 Å². The van der Waals surface area contributed by atoms with Crippen LogP contribution in [0.5, 0.6) is 23.0 Å². The van der Waals surface area contributed by atoms with Gasteiger partial charge in [-0.3, -0.25) is 0 Å². The smallest absolute Gasteiger partial charge is 0.123 e. The summed E-state index contributed by atoms with van der Waals surface area (Å²) < 4.78 is 11.6. The Morgan fingerprint density at radius 1 is 0.625 bits per heavy atom. The Kier molecular flexibility index (Phi) is 5.27. The van der Waals surface area contributed by atoms with Crippen LogP contribution in [0.1, 0.15) is 33.4 Å². The first kappa shape index (κ1) is 18.0. The zero-order valence-electron chi connectivity index (χ0n) is 15.3. The number of aromatic hydroxyl groups is 2. The van der Waals surface area contributed by atoms with E-state index in [4.69, 9.17) is 9.47 Å². The molecule has 0 atom stereocenters. The molecule has 0 spiro atoms. The number of benzene rings is 2. The minimum atomic E-state index is 0.321. The number of phenols is 2. The number of rotatable bonds is 5. The molecular formula is C20H26O4. The van der Waals surface area contributed by atoms with Crippen molar-refractivity contribution >= 4 is 0 Å². The summed E-state index contributed by atoms with van der Waals surface area (Å²) in [5.41, 5.74) is 5.15. The fourth-order valence-corrected chi connectivity index (χ4v) is 2.67. The molecule has 2 aromatic carbocycles. The molecule has 0 unspecified atom stereocenters. The third kappa shape index (κ3) is 3.42. The summed E-state index contributed by atoms with van der Waals surface area (Å²) in [7, 11) is 0. The highest BCUT2D eigenvalue weighted by Gasteiger charge is 2.12. The summed E-state index contributed by atoms with van der Waals surface area (Å²) in [6.07, 6.45) is 0. The van der Waals surface area contributed by atoms with Crippen molar-refractivity contribution in [1.29, 1.82) is 0 Å². The maximum absolute atomic E-state index is 9.94. The van der Waals surface area contributed by atoms with E-state index in [1.807, 2.05) is 53.7 Å². The summed E-state index contributed by atoms with van der Waals surface area (Å²) in [6.45, 7) is 12.2. The van der Waals surface area contributed by atoms with Crippen molar-refractivity contribution in [1.82, 2.24) is 0 Å². The third-order valence-electron chi connectivity index (χ3n) is 4.62. The second-order valence-corrected chi connectivity index (χ2v) is 6.28. The Morgan fingerprint density at radius 2 is 0.958 bits per heavy atom. The van der Waals surface area contributed by atoms with Crippen LogP contribution in [0.2, 0.25) is 0 Å². The number of phenolic OH excluding ortho intramolecular Hbond substituents is 2. The molecule has 4 nitrogen and oxygen atoms in total. The molecule has 0 radical (unpaired) electrons. The Hall–Kier alpha value is -2.36. The van der Waals surface area contributed by atoms with Crippen LogP contribution in [0, 0.1) is 41.5 Å². The van der Waals surface area contributed by atoms with Crippen LogP contribution in [0.4, 0.5) is 0 Å². The standard InChI is InChI=1S/C20H26O4/c1-11-9-17(13(3)15(5)19(11)21)23-7-8-24-18-10-12(2)20(22)16(6)14(18)4/h9-10,21-22H,7-8H2,1-6H3. The molecule has 4 heteroatoms. The molecule has 0 saturated heterocycles. The monoisotopic (exact) mass is 330 g/mol. The molecule has 0 aliphatic rings. The number of ether oxygens (including phenoxy) is 2. The predicted octanol–water partition coefficient (Wildman–Crippen LogP) is 4.41. The molecule has 0 aliphatic heterocycles. The van der Waals surface area contributed by atoms with Crippen LogP contribution in [0.15, 0.2) is 12.1 Å². The molecule has 2 rings (SSSR count). The normalized spacial score (nSPS) is 10.8. The van der Waals surface area contributed by atoms with Crippen molar-refractivity contribution in [3.05, 3.63) is 45.5 Å². The number of hydrogen-bond donors (Lipinski definition) is 2. The van der Waals surface area contributed by atoms with Gasteiger partial charge in [0.2, 0.25) is 0 Å². The van der Waals surface area contributed by atoms with Gasteiger partial charge in [0, 0.05) is 0 Å². The SMILES string of the molecule is Cc1cc(OCCOc2cc(C)c(O)c(C)c2C)c(C)c(C)c1O. The minimum Gasteiger partial charge on any atom is -0.507 e. The van der Waals surface area contributed by atoms with Crippen LogP contribution in [-0.2, 0) is 0 Å². The lowest BCUT2D eigenvalue weighted by Gasteiger charge is -2.16. The highest BCUT2D eigenvalue weighted by molar-refractivity contribution is 5.52. The van der Waals surface area contributed by atoms with E-state index in [0.29, 0.717) is 24.7 Å². The molecule has 2 N–H and O–H groups in total. The number of hydrogen-bond acceptors (Lipinski definition) is 4. The molecule has 0 bridgehead atoms. The first-order valence-corrected chi connectivity index (χ1v) is 8.09. The Bertz CT molecular complexity index is 698. The van der Waals surface area contributed by atoms with Gasteiger partial charge in [0.1, 0.15) is 36.2 Å². The summed E-state index contributed by atoms with van der Waals surface area (Å²) in [5, 5.41) is 19.9. The topological polar surface area (TPSA) is 58.9 Å². The lowest BCUT2D eigenvalue weighted by Crippen LogP contribution is -2.11. The van der Waals surface area contributed by atoms with Crippen LogP contribution in [0.3, 0.4) is 0 Å². The lowest BCUT2D eigenvalue weighted by molar-refractivity contribution is 0.215. The summed E-state index contributed by atoms with van der Waals surface area (Å²) in [6, 6.07) is 3.69. The number of aryl methyl sites for hydroxylation is 2. The average molecular weight is 330 g/mol. The molecule has 130 valence electrons. The highest BCUT2D eigenvalue weighted by atomic mass is 16.5. The average Bonchev–Trinajstić information content (AvgIpc) is 2.56. The van der Waals surface area contributed by atoms with Gasteiger partial charge in [-0.05, 0) is 87.1 Å². The van der Waals surface area contributed by atoms with E-state index in [2.05, 4.69) is 0 Å². The second kappa shape index (κ2) is 7.04. The lowest BCUT2D eigenvalue weighted by atomic mass is 10.0. The maximum atomic E-state index is 9.94. The Labute approximate surface area is 143 Å². The Balaban J connectivity index is 2.02. The van der Waals surface area contributed by atoms with Gasteiger partial charge in [-0.15, -0.1) is 0 Å². The quantitative estimate of drug-likeness (QED) is 0.798. The van der Waals surface area contributed by atoms with Gasteiger partial charge in [-0.2, -0.15) is 0 Å². The van der Waals surface area contributed by atoms with E-state index in [1.54, 1.807) is 0 Å². The van der Waals surface area contributed by atoms with E-state index in [9.17, 15) is 10.2 Å². The van der Waals surface area contributed by atoms with E-state index in [1.165, 1.54) is 0 Å². The van der Waals surface area contributed by atoms with Crippen molar-refractivity contribution in [2.75, 3.05) is 13.2 Å². The molecule has 0 aromatic heterocycles. The highest BCUT2D eigenvalue weighted by Crippen LogP contribution is 2.33. The van der Waals surface area contributed by atoms with E-state index >= 15 is 0 Å². The molecule has 2 aromatic rings. The van der Waals surface area contributed by atoms with Gasteiger partial charge in [0.25, 0.3) is 0 Å². The zero-order chi connectivity index (χ0) is 18.0. The van der Waals surface area contributed by atoms with Crippen LogP contribution in [0.25, 0.3) is 0 Å². The first-order chi connectivity index (χ1) is 11.2. The van der Waals surface area contributed by atoms with E-state index < -0.39 is 0 Å². The molecular weight excluding hydrogens is 304 g/mol. The molecule has 0 saturated carbocycles. The summed E-state index contributed by atoms with van der Waals surface area (Å²) >= 11 is 0. The van der Waals surface area contributed by atoms with Crippen molar-refractivity contribution < 1.29 is 19.7 Å². The van der Waals surface area contributed by atoms with E-state index in [0.717, 1.165) is 44.9 Å². The molecule has 0 amide bonds. The predicted molar refractivity (Wildman–Crippen MR) is 95.6 cm³/mol. The molecule has 0 aliphatic carbocycles. The van der Waals surface area contributed by atoms with Crippen molar-refractivity contribution in [2.24, 2.45) is 0 Å². The van der Waals surface area contributed by atoms with Gasteiger partial charge in [-0.1, -0.05) is 0 Å². The van der Waals surface area contributed by atoms with Gasteiger partial charge < -0.3 is 19.7 Å². The van der Waals surface area contributed by atoms with Gasteiger partial charge in [-0.25, -0.2) is 0 Å². The van der Waals surface area contributed by atoms with Gasteiger partial charge in [0.05, 0.1) is 0 Å². The summed E-state index contributed by atoms with van der Waals surface area (Å²) in [4.78, 5) is 0. The van der Waals surface area contributed by atoms with Crippen LogP contribution >= 0.6 is 0 Å². The van der Waals surface area contributed by atoms with Crippen molar-refractivity contribution in [3.63, 3.8) is 0 Å². The fraction of sp³-hybridized carbons (Fsp3) is 0.400. The minimum absolute atomic E-state index is 0.321. The fourth-order valence-electron chi connectivity index (χ4n) is 2.67. The van der Waals surface area contributed by atoms with E-state index in [-0.39, 0.29) is 0 Å². The first-order valence-electron chi connectivity index (χ1n) is 8.09. The molecule has 0 fully saturated rings. The maximum Gasteiger partial charge on any atom is 0.123 e. The van der Waals surface area contributed by atoms with Crippen LogP contribution in [-0.4, -0.2) is 23.4 Å². The van der Waals surface area contributed by atoms with Crippen LogP contribution < -0.4 is 9.47 Å². The van der Waals surface area contributed by atoms with Gasteiger partial charge >= 0.3 is 0 Å². The largest absolute Gasteiger partial charge is 0.507 e. The molecule has 0 heterocycles. The zero-order valence-corrected chi connectivity index (χ0v) is 15.3. The summed E-state index contributed by atoms with van der Waals surface area (Å²) in [5.74, 6) is 2.17.